The van der Waals surface area contributed by atoms with Crippen molar-refractivity contribution in [1.29, 1.82) is 0 Å². The quantitative estimate of drug-likeness (QED) is 0.195. The first-order valence-electron chi connectivity index (χ1n) is 12.5. The Hall–Kier alpha value is -4.28. The number of carbonyl (C=O) groups excluding carboxylic acids is 1. The number of para-hydroxylation sites is 2. The minimum absolute atomic E-state index is 0.0312. The molecule has 0 saturated heterocycles. The van der Waals surface area contributed by atoms with Crippen molar-refractivity contribution < 1.29 is 22.4 Å². The molecule has 4 aromatic carbocycles. The zero-order chi connectivity index (χ0) is 28.0. The number of nitrogens with one attached hydrogen (secondary N) is 1. The van der Waals surface area contributed by atoms with Gasteiger partial charge in [0.15, 0.2) is 5.58 Å². The van der Waals surface area contributed by atoms with Crippen molar-refractivity contribution in [1.82, 2.24) is 9.88 Å². The molecule has 10 heteroatoms. The number of anilines is 1. The predicted molar refractivity (Wildman–Crippen MR) is 156 cm³/mol. The molecule has 0 unspecified atom stereocenters. The summed E-state index contributed by atoms with van der Waals surface area (Å²) in [4.78, 5) is 19.6. The number of amides is 1. The number of carbonyl (C=O) groups is 1. The van der Waals surface area contributed by atoms with Crippen LogP contribution in [0, 0.1) is 0 Å². The highest BCUT2D eigenvalue weighted by Crippen LogP contribution is 2.29. The van der Waals surface area contributed by atoms with Gasteiger partial charge in [0.2, 0.25) is 5.91 Å². The molecule has 0 radical (unpaired) electrons. The van der Waals surface area contributed by atoms with E-state index >= 15 is 0 Å². The Balaban J connectivity index is 1.29. The number of ether oxygens (including phenoxy) is 1. The summed E-state index contributed by atoms with van der Waals surface area (Å²) in [6.07, 6.45) is 0. The minimum Gasteiger partial charge on any atom is -0.495 e. The molecule has 0 aliphatic carbocycles. The van der Waals surface area contributed by atoms with Crippen molar-refractivity contribution in [3.05, 3.63) is 114 Å². The fourth-order valence-corrected chi connectivity index (χ4v) is 5.93. The van der Waals surface area contributed by atoms with Crippen molar-refractivity contribution in [3.63, 3.8) is 0 Å². The Morgan fingerprint density at radius 3 is 2.17 bits per heavy atom. The van der Waals surface area contributed by atoms with Gasteiger partial charge < -0.3 is 14.1 Å². The molecule has 5 rings (SSSR count). The van der Waals surface area contributed by atoms with E-state index in [2.05, 4.69) is 9.71 Å². The van der Waals surface area contributed by atoms with Crippen LogP contribution in [0.2, 0.25) is 0 Å². The average Bonchev–Trinajstić information content (AvgIpc) is 3.39. The van der Waals surface area contributed by atoms with Gasteiger partial charge in [-0.2, -0.15) is 0 Å². The van der Waals surface area contributed by atoms with Gasteiger partial charge in [-0.05, 0) is 41.5 Å². The first-order valence-corrected chi connectivity index (χ1v) is 14.9. The number of methoxy groups -OCH3 is 1. The summed E-state index contributed by atoms with van der Waals surface area (Å²) in [7, 11) is -2.43. The number of oxazole rings is 1. The molecule has 5 aromatic rings. The zero-order valence-electron chi connectivity index (χ0n) is 21.7. The summed E-state index contributed by atoms with van der Waals surface area (Å²) < 4.78 is 39.7. The first-order chi connectivity index (χ1) is 19.4. The molecule has 0 spiro atoms. The second-order valence-corrected chi connectivity index (χ2v) is 11.5. The number of benzene rings is 4. The second kappa shape index (κ2) is 12.3. The van der Waals surface area contributed by atoms with E-state index in [9.17, 15) is 13.2 Å². The standard InChI is InChI=1S/C30H27N3O5S2/c1-37-27-15-9-8-14-25(27)32-40(35,36)24-16-17-28-26(18-24)31-30(38-28)39-21-29(34)33(19-22-10-4-2-5-11-22)20-23-12-6-3-7-13-23/h2-18,32H,19-21H2,1H3. The number of hydrogen-bond donors (Lipinski definition) is 1. The van der Waals surface area contributed by atoms with Gasteiger partial charge in [-0.15, -0.1) is 0 Å². The maximum absolute atomic E-state index is 13.3. The van der Waals surface area contributed by atoms with Crippen LogP contribution in [0.25, 0.3) is 11.1 Å². The number of nitrogens with zero attached hydrogens (tertiary/aromatic N) is 2. The molecular weight excluding hydrogens is 546 g/mol. The molecule has 0 aliphatic heterocycles. The van der Waals surface area contributed by atoms with Gasteiger partial charge in [0, 0.05) is 13.1 Å². The summed E-state index contributed by atoms with van der Waals surface area (Å²) >= 11 is 1.17. The third kappa shape index (κ3) is 6.64. The van der Waals surface area contributed by atoms with Crippen molar-refractivity contribution in [2.24, 2.45) is 0 Å². The van der Waals surface area contributed by atoms with Crippen LogP contribution in [-0.2, 0) is 27.9 Å². The Kier molecular flexibility index (Phi) is 8.37. The lowest BCUT2D eigenvalue weighted by atomic mass is 10.1. The maximum atomic E-state index is 13.3. The summed E-state index contributed by atoms with van der Waals surface area (Å²) in [5.74, 6) is 0.460. The molecule has 0 aliphatic rings. The van der Waals surface area contributed by atoms with Crippen LogP contribution in [0.3, 0.4) is 0 Å². The van der Waals surface area contributed by atoms with Crippen molar-refractivity contribution in [2.75, 3.05) is 17.6 Å². The topological polar surface area (TPSA) is 102 Å². The lowest BCUT2D eigenvalue weighted by Crippen LogP contribution is -2.31. The highest BCUT2D eigenvalue weighted by atomic mass is 32.2. The first kappa shape index (κ1) is 27.3. The number of fused-ring (bicyclic) bond motifs is 1. The van der Waals surface area contributed by atoms with Crippen molar-refractivity contribution in [3.8, 4) is 5.75 Å². The molecular formula is C30H27N3O5S2. The minimum atomic E-state index is -3.90. The van der Waals surface area contributed by atoms with Crippen LogP contribution in [-0.4, -0.2) is 37.1 Å². The van der Waals surface area contributed by atoms with Crippen LogP contribution in [0.15, 0.2) is 118 Å². The molecule has 40 heavy (non-hydrogen) atoms. The van der Waals surface area contributed by atoms with E-state index in [1.807, 2.05) is 60.7 Å². The molecule has 1 heterocycles. The van der Waals surface area contributed by atoms with Gasteiger partial charge in [0.05, 0.1) is 23.4 Å². The molecule has 8 nitrogen and oxygen atoms in total. The molecule has 0 bridgehead atoms. The van der Waals surface area contributed by atoms with E-state index < -0.39 is 10.0 Å². The molecule has 0 atom stereocenters. The Bertz CT molecular complexity index is 1670. The van der Waals surface area contributed by atoms with Crippen molar-refractivity contribution in [2.45, 2.75) is 23.2 Å². The maximum Gasteiger partial charge on any atom is 0.262 e. The predicted octanol–water partition coefficient (Wildman–Crippen LogP) is 5.96. The van der Waals surface area contributed by atoms with Crippen LogP contribution in [0.4, 0.5) is 5.69 Å². The summed E-state index contributed by atoms with van der Waals surface area (Å²) in [6.45, 7) is 0.951. The lowest BCUT2D eigenvalue weighted by Gasteiger charge is -2.23. The van der Waals surface area contributed by atoms with E-state index in [1.165, 1.54) is 31.0 Å². The van der Waals surface area contributed by atoms with Crippen LogP contribution >= 0.6 is 11.8 Å². The Labute approximate surface area is 237 Å². The van der Waals surface area contributed by atoms with Gasteiger partial charge in [0.1, 0.15) is 11.3 Å². The fraction of sp³-hybridized carbons (Fsp3) is 0.133. The zero-order valence-corrected chi connectivity index (χ0v) is 23.3. The highest BCUT2D eigenvalue weighted by Gasteiger charge is 2.20. The largest absolute Gasteiger partial charge is 0.495 e. The molecule has 0 fully saturated rings. The molecule has 1 amide bonds. The van der Waals surface area contributed by atoms with Gasteiger partial charge in [0.25, 0.3) is 15.2 Å². The normalized spacial score (nSPS) is 11.3. The van der Waals surface area contributed by atoms with Gasteiger partial charge >= 0.3 is 0 Å². The number of sulfonamides is 1. The number of hydrogen-bond acceptors (Lipinski definition) is 7. The van der Waals surface area contributed by atoms with E-state index in [1.54, 1.807) is 35.2 Å². The van der Waals surface area contributed by atoms with E-state index in [-0.39, 0.29) is 21.8 Å². The number of thioether (sulfide) groups is 1. The third-order valence-electron chi connectivity index (χ3n) is 6.11. The number of rotatable bonds is 11. The molecule has 0 saturated carbocycles. The SMILES string of the molecule is COc1ccccc1NS(=O)(=O)c1ccc2oc(SCC(=O)N(Cc3ccccc3)Cc3ccccc3)nc2c1. The lowest BCUT2D eigenvalue weighted by molar-refractivity contribution is -0.129. The van der Waals surface area contributed by atoms with Gasteiger partial charge in [-0.1, -0.05) is 84.6 Å². The smallest absolute Gasteiger partial charge is 0.262 e. The van der Waals surface area contributed by atoms with Gasteiger partial charge in [-0.25, -0.2) is 13.4 Å². The summed E-state index contributed by atoms with van der Waals surface area (Å²) in [6, 6.07) is 30.9. The Morgan fingerprint density at radius 2 is 1.52 bits per heavy atom. The average molecular weight is 574 g/mol. The highest BCUT2D eigenvalue weighted by molar-refractivity contribution is 7.99. The third-order valence-corrected chi connectivity index (χ3v) is 8.28. The second-order valence-electron chi connectivity index (χ2n) is 8.92. The van der Waals surface area contributed by atoms with E-state index in [0.29, 0.717) is 35.6 Å². The van der Waals surface area contributed by atoms with Crippen LogP contribution in [0.5, 0.6) is 5.75 Å². The molecule has 1 N–H and O–H groups in total. The molecule has 204 valence electrons. The Morgan fingerprint density at radius 1 is 0.900 bits per heavy atom. The van der Waals surface area contributed by atoms with Crippen molar-refractivity contribution >= 4 is 44.5 Å². The summed E-state index contributed by atoms with van der Waals surface area (Å²) in [5, 5.41) is 0.287. The number of aromatic nitrogens is 1. The van der Waals surface area contributed by atoms with E-state index in [4.69, 9.17) is 9.15 Å². The fourth-order valence-electron chi connectivity index (χ4n) is 4.10. The van der Waals surface area contributed by atoms with E-state index in [0.717, 1.165) is 11.1 Å². The monoisotopic (exact) mass is 573 g/mol. The summed E-state index contributed by atoms with van der Waals surface area (Å²) in [5.41, 5.74) is 3.21. The van der Waals surface area contributed by atoms with Crippen LogP contribution in [0.1, 0.15) is 11.1 Å². The van der Waals surface area contributed by atoms with Crippen LogP contribution < -0.4 is 9.46 Å². The molecule has 1 aromatic heterocycles. The van der Waals surface area contributed by atoms with Gasteiger partial charge in [-0.3, -0.25) is 9.52 Å².